The van der Waals surface area contributed by atoms with Crippen molar-refractivity contribution in [2.75, 3.05) is 14.2 Å². The highest BCUT2D eigenvalue weighted by molar-refractivity contribution is 7.88. The maximum atomic E-state index is 14.6. The van der Waals surface area contributed by atoms with Crippen molar-refractivity contribution < 1.29 is 66.0 Å². The van der Waals surface area contributed by atoms with Crippen molar-refractivity contribution >= 4 is 33.1 Å². The minimum absolute atomic E-state index is 0.00834. The number of benzene rings is 2. The lowest BCUT2D eigenvalue weighted by molar-refractivity contribution is -0.382. The smallest absolute Gasteiger partial charge is 0.460 e. The van der Waals surface area contributed by atoms with Crippen LogP contribution in [0.4, 0.5) is 43.9 Å². The first-order valence-electron chi connectivity index (χ1n) is 10.8. The molecule has 1 aliphatic carbocycles. The van der Waals surface area contributed by atoms with Gasteiger partial charge in [0.05, 0.1) is 19.2 Å². The third kappa shape index (κ3) is 5.03. The van der Waals surface area contributed by atoms with Crippen molar-refractivity contribution in [2.24, 2.45) is 0 Å². The Kier molecular flexibility index (Phi) is 8.31. The van der Waals surface area contributed by atoms with Gasteiger partial charge >= 0.3 is 33.4 Å². The Balaban J connectivity index is 2.32. The van der Waals surface area contributed by atoms with E-state index in [1.54, 1.807) is 0 Å². The average molecular weight is 631 g/mol. The van der Waals surface area contributed by atoms with E-state index in [-0.39, 0.29) is 46.7 Å². The van der Waals surface area contributed by atoms with Crippen molar-refractivity contribution in [1.82, 2.24) is 0 Å². The Morgan fingerprint density at radius 3 is 1.98 bits per heavy atom. The van der Waals surface area contributed by atoms with E-state index in [1.807, 2.05) is 0 Å². The standard InChI is InChI=1S/C23H17ClF10O5S/c1-37-16-9-7-14-13(18(16)24)5-3-4-12(11-6-8-15(25)17(10-11)38-2)19(14)39-40(35,36)23(33,34)21(28,29)20(26,27)22(30,31)32/h6-10H,3-5H2,1-2H3. The zero-order valence-corrected chi connectivity index (χ0v) is 21.7. The topological polar surface area (TPSA) is 61.8 Å². The molecule has 2 aromatic rings. The number of hydrogen-bond acceptors (Lipinski definition) is 5. The molecule has 0 N–H and O–H groups in total. The number of methoxy groups -OCH3 is 2. The fourth-order valence-electron chi connectivity index (χ4n) is 3.83. The first-order valence-corrected chi connectivity index (χ1v) is 12.6. The molecule has 0 saturated heterocycles. The van der Waals surface area contributed by atoms with Crippen LogP contribution in [0.25, 0.3) is 11.3 Å². The molecule has 5 nitrogen and oxygen atoms in total. The van der Waals surface area contributed by atoms with E-state index in [0.717, 1.165) is 37.4 Å². The molecule has 0 unspecified atom stereocenters. The zero-order chi connectivity index (χ0) is 30.5. The van der Waals surface area contributed by atoms with E-state index >= 15 is 0 Å². The van der Waals surface area contributed by atoms with Gasteiger partial charge in [-0.3, -0.25) is 0 Å². The summed E-state index contributed by atoms with van der Waals surface area (Å²) >= 11 is 6.26. The Bertz CT molecular complexity index is 1440. The van der Waals surface area contributed by atoms with Gasteiger partial charge in [0.1, 0.15) is 5.75 Å². The van der Waals surface area contributed by atoms with Crippen LogP contribution in [-0.4, -0.2) is 45.9 Å². The van der Waals surface area contributed by atoms with E-state index in [9.17, 15) is 52.3 Å². The average Bonchev–Trinajstić information content (AvgIpc) is 3.03. The number of hydrogen-bond donors (Lipinski definition) is 0. The van der Waals surface area contributed by atoms with Gasteiger partial charge in [-0.25, -0.2) is 4.39 Å². The van der Waals surface area contributed by atoms with Crippen molar-refractivity contribution in [2.45, 2.75) is 42.5 Å². The summed E-state index contributed by atoms with van der Waals surface area (Å²) in [6.45, 7) is 0. The van der Waals surface area contributed by atoms with E-state index in [4.69, 9.17) is 21.1 Å². The van der Waals surface area contributed by atoms with Crippen molar-refractivity contribution in [3.8, 4) is 11.5 Å². The molecule has 0 atom stereocenters. The van der Waals surface area contributed by atoms with Crippen LogP contribution in [0, 0.1) is 5.82 Å². The molecule has 0 amide bonds. The minimum atomic E-state index is -7.51. The highest BCUT2D eigenvalue weighted by Gasteiger charge is 2.86. The van der Waals surface area contributed by atoms with Crippen molar-refractivity contribution in [1.29, 1.82) is 0 Å². The first kappa shape index (κ1) is 31.6. The van der Waals surface area contributed by atoms with Gasteiger partial charge in [0.2, 0.25) is 0 Å². The van der Waals surface area contributed by atoms with Crippen LogP contribution in [0.1, 0.15) is 29.5 Å². The fourth-order valence-corrected chi connectivity index (χ4v) is 5.12. The molecule has 1 aliphatic rings. The summed E-state index contributed by atoms with van der Waals surface area (Å²) in [7, 11) is -5.07. The molecule has 0 radical (unpaired) electrons. The Morgan fingerprint density at radius 2 is 1.43 bits per heavy atom. The molecule has 222 valence electrons. The normalized spacial score (nSPS) is 15.4. The van der Waals surface area contributed by atoms with Crippen LogP contribution < -0.4 is 9.47 Å². The fraction of sp³-hybridized carbons (Fsp3) is 0.391. The van der Waals surface area contributed by atoms with Crippen LogP contribution in [0.3, 0.4) is 0 Å². The second-order valence-corrected chi connectivity index (χ2v) is 10.3. The van der Waals surface area contributed by atoms with E-state index in [0.29, 0.717) is 0 Å². The highest BCUT2D eigenvalue weighted by atomic mass is 35.5. The number of ether oxygens (including phenoxy) is 2. The van der Waals surface area contributed by atoms with Crippen LogP contribution >= 0.6 is 11.6 Å². The summed E-state index contributed by atoms with van der Waals surface area (Å²) in [5, 5.41) is -7.29. The van der Waals surface area contributed by atoms with Gasteiger partial charge in [0.25, 0.3) is 0 Å². The molecule has 3 rings (SSSR count). The molecular weight excluding hydrogens is 614 g/mol. The van der Waals surface area contributed by atoms with Crippen LogP contribution in [0.15, 0.2) is 30.3 Å². The van der Waals surface area contributed by atoms with E-state index in [1.165, 1.54) is 7.11 Å². The number of allylic oxidation sites excluding steroid dienone is 1. The summed E-state index contributed by atoms with van der Waals surface area (Å²) in [5.74, 6) is -17.5. The van der Waals surface area contributed by atoms with Gasteiger partial charge < -0.3 is 13.7 Å². The number of halogens is 11. The minimum Gasteiger partial charge on any atom is -0.495 e. The lowest BCUT2D eigenvalue weighted by Crippen LogP contribution is -2.63. The quantitative estimate of drug-likeness (QED) is 0.224. The molecule has 0 bridgehead atoms. The molecule has 0 fully saturated rings. The lowest BCUT2D eigenvalue weighted by atomic mass is 9.98. The molecule has 2 aromatic carbocycles. The largest absolute Gasteiger partial charge is 0.495 e. The Morgan fingerprint density at radius 1 is 0.825 bits per heavy atom. The molecule has 0 heterocycles. The SMILES string of the molecule is COc1cc(C2=C(OS(=O)(=O)C(F)(F)C(F)(F)C(F)(F)C(F)(F)F)c3ccc(OC)c(Cl)c3CCC2)ccc1F. The monoisotopic (exact) mass is 630 g/mol. The van der Waals surface area contributed by atoms with E-state index in [2.05, 4.69) is 4.18 Å². The first-order chi connectivity index (χ1) is 18.2. The van der Waals surface area contributed by atoms with Crippen LogP contribution in [0.2, 0.25) is 5.02 Å². The molecular formula is C23H17ClF10O5S. The maximum absolute atomic E-state index is 14.6. The highest BCUT2D eigenvalue weighted by Crippen LogP contribution is 2.56. The van der Waals surface area contributed by atoms with Crippen LogP contribution in [0.5, 0.6) is 11.5 Å². The Hall–Kier alpha value is -2.88. The second kappa shape index (κ2) is 10.5. The van der Waals surface area contributed by atoms with Gasteiger partial charge in [-0.05, 0) is 54.7 Å². The van der Waals surface area contributed by atoms with Crippen LogP contribution in [-0.2, 0) is 20.7 Å². The molecule has 40 heavy (non-hydrogen) atoms. The third-order valence-electron chi connectivity index (χ3n) is 5.92. The van der Waals surface area contributed by atoms with Gasteiger partial charge in [0.15, 0.2) is 17.3 Å². The summed E-state index contributed by atoms with van der Waals surface area (Å²) in [4.78, 5) is 0. The van der Waals surface area contributed by atoms with E-state index < -0.39 is 56.3 Å². The summed E-state index contributed by atoms with van der Waals surface area (Å²) in [6.07, 6.45) is -7.48. The van der Waals surface area contributed by atoms with Gasteiger partial charge in [-0.2, -0.15) is 47.9 Å². The van der Waals surface area contributed by atoms with Gasteiger partial charge in [-0.1, -0.05) is 17.7 Å². The predicted molar refractivity (Wildman–Crippen MR) is 122 cm³/mol. The Labute approximate surface area is 225 Å². The number of alkyl halides is 9. The molecule has 0 aliphatic heterocycles. The number of rotatable bonds is 8. The molecule has 0 spiro atoms. The summed E-state index contributed by atoms with van der Waals surface area (Å²) in [5.41, 5.74) is -0.902. The summed E-state index contributed by atoms with van der Waals surface area (Å²) < 4.78 is 175. The van der Waals surface area contributed by atoms with Gasteiger partial charge in [0, 0.05) is 11.1 Å². The van der Waals surface area contributed by atoms with Gasteiger partial charge in [-0.15, -0.1) is 0 Å². The summed E-state index contributed by atoms with van der Waals surface area (Å²) in [6, 6.07) is 4.95. The zero-order valence-electron chi connectivity index (χ0n) is 20.1. The van der Waals surface area contributed by atoms with Crippen molar-refractivity contribution in [3.05, 3.63) is 57.9 Å². The predicted octanol–water partition coefficient (Wildman–Crippen LogP) is 7.47. The third-order valence-corrected chi connectivity index (χ3v) is 7.61. The molecule has 17 heteroatoms. The van der Waals surface area contributed by atoms with Crippen molar-refractivity contribution in [3.63, 3.8) is 0 Å². The number of fused-ring (bicyclic) bond motifs is 1. The maximum Gasteiger partial charge on any atom is 0.460 e. The molecule has 0 aromatic heterocycles. The molecule has 0 saturated carbocycles. The second-order valence-electron chi connectivity index (χ2n) is 8.32. The lowest BCUT2D eigenvalue weighted by Gasteiger charge is -2.33.